The number of para-hydroxylation sites is 9. The van der Waals surface area contributed by atoms with E-state index in [1.165, 1.54) is 0 Å². The van der Waals surface area contributed by atoms with Crippen molar-refractivity contribution in [3.05, 3.63) is 254 Å². The number of fused-ring (bicyclic) bond motifs is 16. The number of hydrogen-bond acceptors (Lipinski definition) is 1. The van der Waals surface area contributed by atoms with Crippen LogP contribution in [-0.2, 0) is 0 Å². The van der Waals surface area contributed by atoms with Crippen LogP contribution in [0, 0.1) is 17.9 Å². The Kier molecular flexibility index (Phi) is 8.46. The summed E-state index contributed by atoms with van der Waals surface area (Å²) >= 11 is 0. The van der Waals surface area contributed by atoms with Crippen LogP contribution in [0.2, 0.25) is 0 Å². The van der Waals surface area contributed by atoms with Crippen LogP contribution < -0.4 is 0 Å². The van der Waals surface area contributed by atoms with Crippen molar-refractivity contribution < 1.29 is 0 Å². The molecule has 7 nitrogen and oxygen atoms in total. The van der Waals surface area contributed by atoms with E-state index in [2.05, 4.69) is 270 Å². The van der Waals surface area contributed by atoms with Crippen LogP contribution in [0.15, 0.2) is 237 Å². The summed E-state index contributed by atoms with van der Waals surface area (Å²) in [7, 11) is 0. The highest BCUT2D eigenvalue weighted by molar-refractivity contribution is 6.27. The summed E-state index contributed by atoms with van der Waals surface area (Å²) in [6, 6.07) is 86.4. The molecule has 0 aliphatic carbocycles. The van der Waals surface area contributed by atoms with Crippen molar-refractivity contribution >= 4 is 115 Å². The maximum Gasteiger partial charge on any atom is 0.232 e. The quantitative estimate of drug-likeness (QED) is 0.159. The summed E-state index contributed by atoms with van der Waals surface area (Å²) in [6.45, 7) is 9.53. The molecule has 5 aromatic heterocycles. The molecule has 0 bridgehead atoms. The maximum absolute atomic E-state index is 12.3. The predicted octanol–water partition coefficient (Wildman–Crippen LogP) is 17.6. The molecular weight excluding hydrogens is 915 g/mol. The van der Waals surface area contributed by atoms with Gasteiger partial charge < -0.3 is 22.8 Å². The van der Waals surface area contributed by atoms with Crippen molar-refractivity contribution in [3.8, 4) is 34.5 Å². The summed E-state index contributed by atoms with van der Waals surface area (Å²) < 4.78 is 11.7. The fourth-order valence-corrected chi connectivity index (χ4v) is 12.8. The summed E-state index contributed by atoms with van der Waals surface area (Å²) in [5.74, 6) is 0. The first-order valence-corrected chi connectivity index (χ1v) is 25.2. The molecule has 16 aromatic rings. The van der Waals surface area contributed by atoms with Crippen molar-refractivity contribution in [1.29, 1.82) is 5.26 Å². The van der Waals surface area contributed by atoms with Gasteiger partial charge in [0.15, 0.2) is 0 Å². The fourth-order valence-electron chi connectivity index (χ4n) is 12.8. The highest BCUT2D eigenvalue weighted by Gasteiger charge is 2.35. The van der Waals surface area contributed by atoms with Crippen molar-refractivity contribution in [1.82, 2.24) is 22.8 Å². The van der Waals surface area contributed by atoms with Gasteiger partial charge in [-0.1, -0.05) is 170 Å². The molecule has 0 aliphatic heterocycles. The molecule has 0 amide bonds. The minimum atomic E-state index is 0.258. The number of hydrogen-bond donors (Lipinski definition) is 0. The summed E-state index contributed by atoms with van der Waals surface area (Å²) in [5, 5.41) is 23.1. The Labute approximate surface area is 428 Å². The monoisotopic (exact) mass is 953 g/mol. The third-order valence-electron chi connectivity index (χ3n) is 15.7. The smallest absolute Gasteiger partial charge is 0.232 e. The van der Waals surface area contributed by atoms with Gasteiger partial charge in [0.1, 0.15) is 0 Å². The van der Waals surface area contributed by atoms with Gasteiger partial charge in [0.25, 0.3) is 0 Å². The molecule has 11 aromatic carbocycles. The normalized spacial score (nSPS) is 12.0. The molecule has 16 rings (SSSR count). The lowest BCUT2D eigenvalue weighted by atomic mass is 10.0. The van der Waals surface area contributed by atoms with E-state index in [9.17, 15) is 11.8 Å². The van der Waals surface area contributed by atoms with Gasteiger partial charge in [0.05, 0.1) is 96.1 Å². The SMILES string of the molecule is [C-]#[N+]c1c(C#N)c(-n2c3ccccc3c3ccccc32)c(-n2c3ccccc3c3c2ccc2c4ccccc4n(-c4ccccc4)c23)c(-n2c3ccccc3c3ccccc32)c1-n1c2ccccc2c2ccccc21. The van der Waals surface area contributed by atoms with Crippen LogP contribution in [0.1, 0.15) is 5.56 Å². The fraction of sp³-hybridized carbons (Fsp3) is 0. The Morgan fingerprint density at radius 1 is 0.293 bits per heavy atom. The van der Waals surface area contributed by atoms with Crippen molar-refractivity contribution in [3.63, 3.8) is 0 Å². The molecule has 5 heterocycles. The number of nitriles is 1. The number of aromatic nitrogens is 5. The minimum absolute atomic E-state index is 0.258. The summed E-state index contributed by atoms with van der Waals surface area (Å²) in [4.78, 5) is 4.60. The van der Waals surface area contributed by atoms with Crippen LogP contribution in [-0.4, -0.2) is 22.8 Å². The second-order valence-electron chi connectivity index (χ2n) is 19.3. The van der Waals surface area contributed by atoms with E-state index in [0.29, 0.717) is 11.4 Å². The zero-order valence-corrected chi connectivity index (χ0v) is 40.1. The van der Waals surface area contributed by atoms with E-state index in [1.807, 2.05) is 0 Å². The van der Waals surface area contributed by atoms with Gasteiger partial charge in [-0.2, -0.15) is 5.26 Å². The first kappa shape index (κ1) is 41.1. The van der Waals surface area contributed by atoms with E-state index in [4.69, 9.17) is 0 Å². The Morgan fingerprint density at radius 3 is 1.04 bits per heavy atom. The molecule has 0 unspecified atom stereocenters. The first-order valence-electron chi connectivity index (χ1n) is 25.2. The van der Waals surface area contributed by atoms with Gasteiger partial charge in [-0.05, 0) is 66.7 Å². The molecule has 0 saturated carbocycles. The van der Waals surface area contributed by atoms with E-state index in [1.54, 1.807) is 0 Å². The van der Waals surface area contributed by atoms with Crippen molar-refractivity contribution in [2.45, 2.75) is 0 Å². The number of benzene rings is 11. The van der Waals surface area contributed by atoms with Gasteiger partial charge in [0, 0.05) is 59.5 Å². The third-order valence-corrected chi connectivity index (χ3v) is 15.7. The molecular formula is C68H39N7. The molecule has 0 saturated heterocycles. The minimum Gasteiger partial charge on any atom is -0.317 e. The van der Waals surface area contributed by atoms with Crippen LogP contribution in [0.4, 0.5) is 5.69 Å². The second kappa shape index (κ2) is 15.5. The molecule has 75 heavy (non-hydrogen) atoms. The number of nitrogens with zero attached hydrogens (tertiary/aromatic N) is 7. The Balaban J connectivity index is 1.25. The maximum atomic E-state index is 12.3. The van der Waals surface area contributed by atoms with Crippen LogP contribution in [0.25, 0.3) is 142 Å². The van der Waals surface area contributed by atoms with Crippen LogP contribution >= 0.6 is 0 Å². The summed E-state index contributed by atoms with van der Waals surface area (Å²) in [5.41, 5.74) is 14.2. The molecule has 0 radical (unpaired) electrons. The van der Waals surface area contributed by atoms with E-state index < -0.39 is 0 Å². The first-order chi connectivity index (χ1) is 37.2. The average molecular weight is 954 g/mol. The molecule has 0 spiro atoms. The Morgan fingerprint density at radius 2 is 0.613 bits per heavy atom. The average Bonchev–Trinajstić information content (AvgIpc) is 4.29. The molecule has 0 aliphatic rings. The van der Waals surface area contributed by atoms with E-state index in [-0.39, 0.29) is 11.3 Å². The van der Waals surface area contributed by atoms with Crippen molar-refractivity contribution in [2.75, 3.05) is 0 Å². The lowest BCUT2D eigenvalue weighted by Crippen LogP contribution is -2.15. The van der Waals surface area contributed by atoms with Crippen molar-refractivity contribution in [2.24, 2.45) is 0 Å². The van der Waals surface area contributed by atoms with E-state index >= 15 is 0 Å². The molecule has 346 valence electrons. The Bertz CT molecular complexity index is 5060. The van der Waals surface area contributed by atoms with Gasteiger partial charge in [-0.15, -0.1) is 0 Å². The highest BCUT2D eigenvalue weighted by Crippen LogP contribution is 2.52. The molecule has 0 fully saturated rings. The summed E-state index contributed by atoms with van der Waals surface area (Å²) in [6.07, 6.45) is 0. The largest absolute Gasteiger partial charge is 0.317 e. The lowest BCUT2D eigenvalue weighted by Gasteiger charge is -2.28. The second-order valence-corrected chi connectivity index (χ2v) is 19.3. The van der Waals surface area contributed by atoms with Crippen LogP contribution in [0.5, 0.6) is 0 Å². The molecule has 7 heteroatoms. The molecule has 0 N–H and O–H groups in total. The van der Waals surface area contributed by atoms with Crippen LogP contribution in [0.3, 0.4) is 0 Å². The highest BCUT2D eigenvalue weighted by atomic mass is 15.2. The lowest BCUT2D eigenvalue weighted by molar-refractivity contribution is 1.02. The van der Waals surface area contributed by atoms with E-state index in [0.717, 1.165) is 126 Å². The topological polar surface area (TPSA) is 52.8 Å². The van der Waals surface area contributed by atoms with Gasteiger partial charge in [-0.25, -0.2) is 4.85 Å². The predicted molar refractivity (Wildman–Crippen MR) is 309 cm³/mol. The zero-order chi connectivity index (χ0) is 49.5. The van der Waals surface area contributed by atoms with Gasteiger partial charge in [0.2, 0.25) is 5.69 Å². The van der Waals surface area contributed by atoms with Gasteiger partial charge >= 0.3 is 0 Å². The Hall–Kier alpha value is -10.6. The number of rotatable bonds is 5. The third kappa shape index (κ3) is 5.40. The molecule has 0 atom stereocenters. The standard InChI is InChI=1S/C68H39N7/c1-70-63-52(41-69)65(72-54-32-14-5-23-43(54)44-24-6-15-33-55(44)72)67(75-60-38-20-12-30-51(60)62-61(75)40-39-50-49-29-11-13-31-53(49)71(64(50)62)42-21-3-2-4-22-42)68(74-58-36-18-9-27-47(58)48-28-10-19-37-59(48)74)66(63)73-56-34-16-7-25-45(56)46-26-8-17-35-57(46)73/h2-40H. The van der Waals surface area contributed by atoms with Gasteiger partial charge in [-0.3, -0.25) is 0 Å². The zero-order valence-electron chi connectivity index (χ0n) is 40.1.